The van der Waals surface area contributed by atoms with Crippen molar-refractivity contribution < 1.29 is 23.1 Å². The summed E-state index contributed by atoms with van der Waals surface area (Å²) in [6.45, 7) is 2.94. The highest BCUT2D eigenvalue weighted by molar-refractivity contribution is 7.88. The maximum Gasteiger partial charge on any atom is 0.311 e. The zero-order valence-electron chi connectivity index (χ0n) is 12.4. The molecule has 0 aliphatic carbocycles. The predicted molar refractivity (Wildman–Crippen MR) is 76.1 cm³/mol. The van der Waals surface area contributed by atoms with E-state index < -0.39 is 21.4 Å². The molecular formula is C13H22N2O5S. The Labute approximate surface area is 125 Å². The number of aliphatic carboxylic acids is 1. The molecule has 2 heterocycles. The van der Waals surface area contributed by atoms with Gasteiger partial charge in [0.05, 0.1) is 17.6 Å². The summed E-state index contributed by atoms with van der Waals surface area (Å²) in [4.78, 5) is 25.3. The number of hydrogen-bond acceptors (Lipinski definition) is 4. The highest BCUT2D eigenvalue weighted by Crippen LogP contribution is 2.32. The lowest BCUT2D eigenvalue weighted by atomic mass is 9.90. The minimum absolute atomic E-state index is 0.117. The van der Waals surface area contributed by atoms with E-state index in [1.165, 1.54) is 4.31 Å². The summed E-state index contributed by atoms with van der Waals surface area (Å²) < 4.78 is 24.5. The molecule has 2 unspecified atom stereocenters. The monoisotopic (exact) mass is 318 g/mol. The smallest absolute Gasteiger partial charge is 0.311 e. The van der Waals surface area contributed by atoms with Gasteiger partial charge < -0.3 is 10.0 Å². The topological polar surface area (TPSA) is 95.0 Å². The lowest BCUT2D eigenvalue weighted by Crippen LogP contribution is -2.46. The Kier molecular flexibility index (Phi) is 4.30. The first-order valence-corrected chi connectivity index (χ1v) is 8.96. The Balaban J connectivity index is 2.03. The normalized spacial score (nSPS) is 31.3. The summed E-state index contributed by atoms with van der Waals surface area (Å²) in [6.07, 6.45) is 2.91. The van der Waals surface area contributed by atoms with Crippen molar-refractivity contribution in [3.8, 4) is 0 Å². The summed E-state index contributed by atoms with van der Waals surface area (Å²) in [5.41, 5.74) is -0.888. The fourth-order valence-electron chi connectivity index (χ4n) is 3.03. The average molecular weight is 318 g/mol. The highest BCUT2D eigenvalue weighted by atomic mass is 32.2. The van der Waals surface area contributed by atoms with Gasteiger partial charge in [-0.05, 0) is 26.2 Å². The van der Waals surface area contributed by atoms with Crippen molar-refractivity contribution in [1.29, 1.82) is 0 Å². The van der Waals surface area contributed by atoms with Crippen LogP contribution in [0.1, 0.15) is 26.2 Å². The van der Waals surface area contributed by atoms with E-state index in [-0.39, 0.29) is 24.9 Å². The molecule has 120 valence electrons. The molecule has 1 N–H and O–H groups in total. The van der Waals surface area contributed by atoms with Crippen molar-refractivity contribution >= 4 is 21.9 Å². The second-order valence-corrected chi connectivity index (χ2v) is 8.32. The number of carboxylic acids is 1. The van der Waals surface area contributed by atoms with Crippen molar-refractivity contribution in [3.05, 3.63) is 0 Å². The molecule has 1 amide bonds. The van der Waals surface area contributed by atoms with Gasteiger partial charge in [-0.25, -0.2) is 12.7 Å². The molecule has 21 heavy (non-hydrogen) atoms. The molecule has 0 aromatic rings. The second kappa shape index (κ2) is 5.57. The predicted octanol–water partition coefficient (Wildman–Crippen LogP) is -0.0188. The van der Waals surface area contributed by atoms with Crippen LogP contribution in [0.3, 0.4) is 0 Å². The van der Waals surface area contributed by atoms with E-state index >= 15 is 0 Å². The largest absolute Gasteiger partial charge is 0.481 e. The maximum atomic E-state index is 12.5. The maximum absolute atomic E-state index is 12.5. The molecule has 2 aliphatic rings. The number of likely N-dealkylation sites (tertiary alicyclic amines) is 1. The Morgan fingerprint density at radius 3 is 2.48 bits per heavy atom. The molecule has 7 nitrogen and oxygen atoms in total. The Bertz CT molecular complexity index is 547. The molecule has 0 spiro atoms. The van der Waals surface area contributed by atoms with Crippen LogP contribution in [0.2, 0.25) is 0 Å². The first-order chi connectivity index (χ1) is 9.63. The number of sulfonamides is 1. The summed E-state index contributed by atoms with van der Waals surface area (Å²) in [6, 6.07) is 0. The first kappa shape index (κ1) is 16.2. The number of nitrogens with zero attached hydrogens (tertiary/aromatic N) is 2. The fraction of sp³-hybridized carbons (Fsp3) is 0.846. The summed E-state index contributed by atoms with van der Waals surface area (Å²) >= 11 is 0. The first-order valence-electron chi connectivity index (χ1n) is 7.11. The Morgan fingerprint density at radius 1 is 1.29 bits per heavy atom. The molecule has 2 fully saturated rings. The van der Waals surface area contributed by atoms with Gasteiger partial charge in [0.2, 0.25) is 15.9 Å². The van der Waals surface area contributed by atoms with Crippen LogP contribution in [0.25, 0.3) is 0 Å². The molecular weight excluding hydrogens is 296 g/mol. The van der Waals surface area contributed by atoms with Crippen LogP contribution in [0, 0.1) is 11.3 Å². The van der Waals surface area contributed by atoms with Crippen LogP contribution in [-0.4, -0.2) is 67.0 Å². The minimum atomic E-state index is -3.28. The van der Waals surface area contributed by atoms with E-state index in [0.717, 1.165) is 6.26 Å². The molecule has 0 aromatic carbocycles. The summed E-state index contributed by atoms with van der Waals surface area (Å²) in [5, 5.41) is 9.21. The number of amides is 1. The number of carbonyl (C=O) groups is 2. The quantitative estimate of drug-likeness (QED) is 0.789. The Morgan fingerprint density at radius 2 is 1.95 bits per heavy atom. The van der Waals surface area contributed by atoms with Gasteiger partial charge in [0.15, 0.2) is 0 Å². The zero-order chi connectivity index (χ0) is 15.8. The standard InChI is InChI=1S/C13H22N2O5S/c1-13(12(17)18)5-7-14(9-13)11(16)10-4-3-6-15(8-10)21(2,19)20/h10H,3-9H2,1-2H3,(H,17,18). The van der Waals surface area contributed by atoms with Gasteiger partial charge >= 0.3 is 5.97 Å². The molecule has 2 aliphatic heterocycles. The van der Waals surface area contributed by atoms with Crippen molar-refractivity contribution in [2.24, 2.45) is 11.3 Å². The summed E-state index contributed by atoms with van der Waals surface area (Å²) in [5.74, 6) is -1.36. The lowest BCUT2D eigenvalue weighted by molar-refractivity contribution is -0.147. The van der Waals surface area contributed by atoms with E-state index in [9.17, 15) is 23.1 Å². The summed E-state index contributed by atoms with van der Waals surface area (Å²) in [7, 11) is -3.28. The molecule has 0 radical (unpaired) electrons. The van der Waals surface area contributed by atoms with E-state index in [4.69, 9.17) is 0 Å². The van der Waals surface area contributed by atoms with Gasteiger partial charge in [0.25, 0.3) is 0 Å². The van der Waals surface area contributed by atoms with Crippen LogP contribution < -0.4 is 0 Å². The van der Waals surface area contributed by atoms with Crippen LogP contribution in [0.5, 0.6) is 0 Å². The molecule has 0 aromatic heterocycles. The van der Waals surface area contributed by atoms with Crippen LogP contribution in [-0.2, 0) is 19.6 Å². The number of hydrogen-bond donors (Lipinski definition) is 1. The Hall–Kier alpha value is -1.15. The van der Waals surface area contributed by atoms with Gasteiger partial charge in [-0.2, -0.15) is 0 Å². The minimum Gasteiger partial charge on any atom is -0.481 e. The SMILES string of the molecule is CC1(C(=O)O)CCN(C(=O)C2CCCN(S(C)(=O)=O)C2)C1. The third kappa shape index (κ3) is 3.37. The van der Waals surface area contributed by atoms with Crippen molar-refractivity contribution in [3.63, 3.8) is 0 Å². The van der Waals surface area contributed by atoms with E-state index in [2.05, 4.69) is 0 Å². The van der Waals surface area contributed by atoms with Crippen molar-refractivity contribution in [2.45, 2.75) is 26.2 Å². The highest BCUT2D eigenvalue weighted by Gasteiger charge is 2.44. The van der Waals surface area contributed by atoms with Gasteiger partial charge in [-0.3, -0.25) is 9.59 Å². The van der Waals surface area contributed by atoms with Gasteiger partial charge in [0, 0.05) is 26.2 Å². The molecule has 2 atom stereocenters. The average Bonchev–Trinajstić information content (AvgIpc) is 2.81. The van der Waals surface area contributed by atoms with E-state index in [1.54, 1.807) is 11.8 Å². The van der Waals surface area contributed by atoms with Crippen LogP contribution in [0.15, 0.2) is 0 Å². The van der Waals surface area contributed by atoms with E-state index in [0.29, 0.717) is 32.4 Å². The van der Waals surface area contributed by atoms with Crippen molar-refractivity contribution in [2.75, 3.05) is 32.4 Å². The fourth-order valence-corrected chi connectivity index (χ4v) is 3.94. The van der Waals surface area contributed by atoms with Crippen LogP contribution in [0.4, 0.5) is 0 Å². The third-order valence-electron chi connectivity index (χ3n) is 4.50. The molecule has 0 saturated carbocycles. The third-order valence-corrected chi connectivity index (χ3v) is 5.77. The molecule has 2 rings (SSSR count). The molecule has 2 saturated heterocycles. The van der Waals surface area contributed by atoms with E-state index in [1.807, 2.05) is 0 Å². The van der Waals surface area contributed by atoms with Crippen molar-refractivity contribution in [1.82, 2.24) is 9.21 Å². The number of carbonyl (C=O) groups excluding carboxylic acids is 1. The number of piperidine rings is 1. The van der Waals surface area contributed by atoms with Gasteiger partial charge in [-0.15, -0.1) is 0 Å². The van der Waals surface area contributed by atoms with Crippen LogP contribution >= 0.6 is 0 Å². The number of carboxylic acid groups (broad SMARTS) is 1. The van der Waals surface area contributed by atoms with Gasteiger partial charge in [0.1, 0.15) is 0 Å². The van der Waals surface area contributed by atoms with Gasteiger partial charge in [-0.1, -0.05) is 0 Å². The lowest BCUT2D eigenvalue weighted by Gasteiger charge is -2.32. The molecule has 8 heteroatoms. The molecule has 0 bridgehead atoms. The zero-order valence-corrected chi connectivity index (χ0v) is 13.2. The second-order valence-electron chi connectivity index (χ2n) is 6.34. The number of rotatable bonds is 3.